The fraction of sp³-hybridized carbons (Fsp3) is 0.581. The first-order valence-electron chi connectivity index (χ1n) is 14.7. The number of rotatable bonds is 5. The van der Waals surface area contributed by atoms with Gasteiger partial charge in [-0.1, -0.05) is 23.7 Å². The van der Waals surface area contributed by atoms with Gasteiger partial charge in [-0.15, -0.1) is 0 Å². The Morgan fingerprint density at radius 2 is 1.93 bits per heavy atom. The zero-order chi connectivity index (χ0) is 32.1. The van der Waals surface area contributed by atoms with Gasteiger partial charge >= 0.3 is 6.09 Å². The van der Waals surface area contributed by atoms with Crippen LogP contribution in [0.2, 0.25) is 5.02 Å². The van der Waals surface area contributed by atoms with E-state index in [1.54, 1.807) is 60.7 Å². The van der Waals surface area contributed by atoms with Gasteiger partial charge in [0.05, 0.1) is 18.3 Å². The Morgan fingerprint density at radius 3 is 2.59 bits per heavy atom. The topological polar surface area (TPSA) is 78.5 Å². The zero-order valence-electron chi connectivity index (χ0n) is 25.9. The largest absolute Gasteiger partial charge is 0.489 e. The molecule has 4 heterocycles. The molecule has 2 amide bonds. The van der Waals surface area contributed by atoms with Crippen LogP contribution in [0.15, 0.2) is 24.3 Å². The summed E-state index contributed by atoms with van der Waals surface area (Å²) in [5.41, 5.74) is -0.903. The van der Waals surface area contributed by atoms with Gasteiger partial charge < -0.3 is 24.2 Å². The normalized spacial score (nSPS) is 21.7. The summed E-state index contributed by atoms with van der Waals surface area (Å²) in [5, 5.41) is -0.00517. The van der Waals surface area contributed by atoms with Crippen LogP contribution in [0.3, 0.4) is 0 Å². The van der Waals surface area contributed by atoms with Crippen LogP contribution >= 0.6 is 11.6 Å². The van der Waals surface area contributed by atoms with E-state index in [9.17, 15) is 18.4 Å². The summed E-state index contributed by atoms with van der Waals surface area (Å²) in [6.45, 7) is 9.88. The fourth-order valence-corrected chi connectivity index (χ4v) is 6.50. The highest BCUT2D eigenvalue weighted by molar-refractivity contribution is 6.35. The molecule has 2 saturated heterocycles. The highest BCUT2D eigenvalue weighted by atomic mass is 35.5. The highest BCUT2D eigenvalue weighted by Crippen LogP contribution is 2.47. The van der Waals surface area contributed by atoms with Gasteiger partial charge in [-0.3, -0.25) is 9.69 Å². The molecule has 5 rings (SSSR count). The summed E-state index contributed by atoms with van der Waals surface area (Å²) in [7, 11) is 1.65. The Labute approximate surface area is 260 Å². The number of likely N-dealkylation sites (N-methyl/N-ethyl adjacent to an activating group) is 1. The lowest BCUT2D eigenvalue weighted by atomic mass is 9.98. The number of alkyl halides is 2. The number of piperazine rings is 1. The number of halogens is 4. The first kappa shape index (κ1) is 32.2. The molecule has 2 aromatic rings. The van der Waals surface area contributed by atoms with E-state index < -0.39 is 42.1 Å². The molecule has 1 unspecified atom stereocenters. The summed E-state index contributed by atoms with van der Waals surface area (Å²) in [6.07, 6.45) is -2.45. The van der Waals surface area contributed by atoms with Crippen LogP contribution in [0.1, 0.15) is 51.4 Å². The van der Waals surface area contributed by atoms with Crippen molar-refractivity contribution in [2.75, 3.05) is 51.3 Å². The Hall–Kier alpha value is -3.25. The summed E-state index contributed by atoms with van der Waals surface area (Å²) in [6, 6.07) is 5.30. The van der Waals surface area contributed by atoms with Crippen LogP contribution in [0.25, 0.3) is 11.3 Å². The van der Waals surface area contributed by atoms with E-state index in [0.29, 0.717) is 13.0 Å². The third-order valence-corrected chi connectivity index (χ3v) is 8.75. The standard InChI is InChI=1S/C31H39ClF3N5O4/c1-30(2,3)44-29(42)38-11-12-39-19(14-38)17-43-26-23(28(39)41)27(36-25(24(26)32)20-9-7-8-10-21(20)33)40-15-18(13-31(40,4)5)37(6)16-22(34)35/h7-10,18-19,22H,11-17H2,1-6H3/t18?,19-/m1/s1. The lowest BCUT2D eigenvalue weighted by Crippen LogP contribution is -2.58. The maximum Gasteiger partial charge on any atom is 0.410 e. The molecule has 0 spiro atoms. The average Bonchev–Trinajstić information content (AvgIpc) is 3.17. The molecule has 44 heavy (non-hydrogen) atoms. The lowest BCUT2D eigenvalue weighted by molar-refractivity contribution is 0.000950. The second-order valence-electron chi connectivity index (χ2n) is 13.3. The molecule has 3 aliphatic heterocycles. The number of aromatic nitrogens is 1. The second-order valence-corrected chi connectivity index (χ2v) is 13.7. The maximum absolute atomic E-state index is 15.1. The number of carbonyl (C=O) groups excluding carboxylic acids is 2. The first-order valence-corrected chi connectivity index (χ1v) is 15.1. The monoisotopic (exact) mass is 637 g/mol. The number of hydrogen-bond donors (Lipinski definition) is 0. The van der Waals surface area contributed by atoms with Crippen LogP contribution in [-0.4, -0.2) is 108 Å². The van der Waals surface area contributed by atoms with Crippen molar-refractivity contribution in [3.63, 3.8) is 0 Å². The van der Waals surface area contributed by atoms with Crippen molar-refractivity contribution in [1.29, 1.82) is 0 Å². The molecular formula is C31H39ClF3N5O4. The van der Waals surface area contributed by atoms with Crippen molar-refractivity contribution in [2.24, 2.45) is 0 Å². The molecule has 1 aromatic carbocycles. The van der Waals surface area contributed by atoms with Gasteiger partial charge in [-0.25, -0.2) is 22.9 Å². The van der Waals surface area contributed by atoms with Gasteiger partial charge in [-0.2, -0.15) is 0 Å². The van der Waals surface area contributed by atoms with Crippen molar-refractivity contribution in [3.8, 4) is 17.0 Å². The Bertz CT molecular complexity index is 1440. The number of hydrogen-bond acceptors (Lipinski definition) is 7. The SMILES string of the molecule is CN(CC(F)F)C1CN(c2nc(-c3ccccc3F)c(Cl)c3c2C(=O)N2CCN(C(=O)OC(C)(C)C)C[C@@H]2CO3)C(C)(C)C1. The van der Waals surface area contributed by atoms with Crippen LogP contribution in [-0.2, 0) is 4.74 Å². The predicted molar refractivity (Wildman–Crippen MR) is 161 cm³/mol. The minimum atomic E-state index is -2.50. The molecule has 0 N–H and O–H groups in total. The highest BCUT2D eigenvalue weighted by Gasteiger charge is 2.46. The molecule has 2 fully saturated rings. The number of carbonyl (C=O) groups is 2. The van der Waals surface area contributed by atoms with Gasteiger partial charge in [0, 0.05) is 43.3 Å². The first-order chi connectivity index (χ1) is 20.6. The third-order valence-electron chi connectivity index (χ3n) is 8.40. The number of pyridine rings is 1. The number of anilines is 1. The summed E-state index contributed by atoms with van der Waals surface area (Å²) < 4.78 is 53.5. The van der Waals surface area contributed by atoms with Crippen LogP contribution in [0.4, 0.5) is 23.8 Å². The minimum Gasteiger partial charge on any atom is -0.489 e. The van der Waals surface area contributed by atoms with Gasteiger partial charge in [0.15, 0.2) is 5.75 Å². The molecule has 0 saturated carbocycles. The van der Waals surface area contributed by atoms with Gasteiger partial charge in [0.25, 0.3) is 12.3 Å². The predicted octanol–water partition coefficient (Wildman–Crippen LogP) is 5.55. The van der Waals surface area contributed by atoms with Crippen LogP contribution in [0, 0.1) is 5.82 Å². The van der Waals surface area contributed by atoms with E-state index in [4.69, 9.17) is 26.1 Å². The van der Waals surface area contributed by atoms with E-state index in [2.05, 4.69) is 0 Å². The number of fused-ring (bicyclic) bond motifs is 2. The molecule has 0 radical (unpaired) electrons. The molecule has 240 valence electrons. The maximum atomic E-state index is 15.1. The van der Waals surface area contributed by atoms with Crippen molar-refractivity contribution >= 4 is 29.4 Å². The third kappa shape index (κ3) is 6.28. The van der Waals surface area contributed by atoms with E-state index in [1.807, 2.05) is 18.7 Å². The number of ether oxygens (including phenoxy) is 2. The molecule has 2 atom stereocenters. The van der Waals surface area contributed by atoms with E-state index in [-0.39, 0.29) is 71.6 Å². The van der Waals surface area contributed by atoms with Gasteiger partial charge in [-0.05, 0) is 60.2 Å². The molecule has 13 heteroatoms. The Kier molecular flexibility index (Phi) is 8.71. The number of amides is 2. The quantitative estimate of drug-likeness (QED) is 0.426. The Morgan fingerprint density at radius 1 is 1.23 bits per heavy atom. The van der Waals surface area contributed by atoms with E-state index in [1.165, 1.54) is 6.07 Å². The van der Waals surface area contributed by atoms with Crippen molar-refractivity contribution in [1.82, 2.24) is 19.7 Å². The lowest BCUT2D eigenvalue weighted by Gasteiger charge is -2.40. The van der Waals surface area contributed by atoms with E-state index >= 15 is 4.39 Å². The molecule has 9 nitrogen and oxygen atoms in total. The van der Waals surface area contributed by atoms with Crippen LogP contribution < -0.4 is 9.64 Å². The zero-order valence-corrected chi connectivity index (χ0v) is 26.6. The van der Waals surface area contributed by atoms with Gasteiger partial charge in [0.2, 0.25) is 0 Å². The number of benzene rings is 1. The molecule has 1 aromatic heterocycles. The summed E-state index contributed by atoms with van der Waals surface area (Å²) in [5.74, 6) is -0.594. The van der Waals surface area contributed by atoms with Crippen molar-refractivity contribution in [3.05, 3.63) is 40.7 Å². The molecule has 0 bridgehead atoms. The summed E-state index contributed by atoms with van der Waals surface area (Å²) >= 11 is 6.89. The summed E-state index contributed by atoms with van der Waals surface area (Å²) in [4.78, 5) is 38.8. The Balaban J connectivity index is 1.58. The van der Waals surface area contributed by atoms with Crippen molar-refractivity contribution in [2.45, 2.75) is 70.7 Å². The van der Waals surface area contributed by atoms with Crippen LogP contribution in [0.5, 0.6) is 5.75 Å². The minimum absolute atomic E-state index is 0.00517. The molecular weight excluding hydrogens is 599 g/mol. The molecule has 0 aliphatic carbocycles. The number of nitrogens with zero attached hydrogens (tertiary/aromatic N) is 5. The fourth-order valence-electron chi connectivity index (χ4n) is 6.21. The average molecular weight is 638 g/mol. The second kappa shape index (κ2) is 11.9. The van der Waals surface area contributed by atoms with Gasteiger partial charge in [0.1, 0.15) is 34.4 Å². The smallest absolute Gasteiger partial charge is 0.410 e. The van der Waals surface area contributed by atoms with E-state index in [0.717, 1.165) is 0 Å². The molecule has 3 aliphatic rings. The van der Waals surface area contributed by atoms with Crippen molar-refractivity contribution < 1.29 is 32.2 Å².